The third kappa shape index (κ3) is 4.36. The standard InChI is InChI=1S/C18H30N4O2/c1-13(2)12-22-15(4)17(14(3)19-22)11-18(24)21-8-6-7-20(9-10-21)16(5)23/h13H,6-12H2,1-5H3. The molecule has 1 fully saturated rings. The average Bonchev–Trinajstić information content (AvgIpc) is 2.72. The van der Waals surface area contributed by atoms with Gasteiger partial charge in [-0.05, 0) is 26.2 Å². The van der Waals surface area contributed by atoms with Gasteiger partial charge in [0.05, 0.1) is 12.1 Å². The van der Waals surface area contributed by atoms with E-state index >= 15 is 0 Å². The van der Waals surface area contributed by atoms with Crippen molar-refractivity contribution in [3.63, 3.8) is 0 Å². The van der Waals surface area contributed by atoms with Crippen molar-refractivity contribution in [2.45, 2.75) is 54.0 Å². The molecular formula is C18H30N4O2. The Morgan fingerprint density at radius 2 is 1.71 bits per heavy atom. The maximum absolute atomic E-state index is 12.7. The van der Waals surface area contributed by atoms with Gasteiger partial charge in [0.15, 0.2) is 0 Å². The quantitative estimate of drug-likeness (QED) is 0.843. The van der Waals surface area contributed by atoms with E-state index in [-0.39, 0.29) is 11.8 Å². The summed E-state index contributed by atoms with van der Waals surface area (Å²) in [7, 11) is 0. The molecule has 24 heavy (non-hydrogen) atoms. The normalized spacial score (nSPS) is 15.8. The van der Waals surface area contributed by atoms with E-state index < -0.39 is 0 Å². The number of rotatable bonds is 4. The molecule has 1 aromatic rings. The summed E-state index contributed by atoms with van der Waals surface area (Å²) in [5.74, 6) is 0.747. The fourth-order valence-corrected chi connectivity index (χ4v) is 3.26. The predicted octanol–water partition coefficient (Wildman–Crippen LogP) is 1.78. The Hall–Kier alpha value is -1.85. The fourth-order valence-electron chi connectivity index (χ4n) is 3.26. The summed E-state index contributed by atoms with van der Waals surface area (Å²) in [6, 6.07) is 0. The summed E-state index contributed by atoms with van der Waals surface area (Å²) in [5, 5.41) is 4.60. The molecule has 0 aromatic carbocycles. The first-order chi connectivity index (χ1) is 11.3. The summed E-state index contributed by atoms with van der Waals surface area (Å²) in [6.45, 7) is 13.5. The van der Waals surface area contributed by atoms with E-state index in [1.807, 2.05) is 28.3 Å². The Bertz CT molecular complexity index is 606. The van der Waals surface area contributed by atoms with Crippen LogP contribution in [0.2, 0.25) is 0 Å². The first-order valence-corrected chi connectivity index (χ1v) is 8.85. The third-order valence-corrected chi connectivity index (χ3v) is 4.69. The van der Waals surface area contributed by atoms with Gasteiger partial charge < -0.3 is 9.80 Å². The second kappa shape index (κ2) is 7.81. The van der Waals surface area contributed by atoms with E-state index in [1.54, 1.807) is 6.92 Å². The molecule has 1 aliphatic heterocycles. The van der Waals surface area contributed by atoms with Gasteiger partial charge in [-0.15, -0.1) is 0 Å². The summed E-state index contributed by atoms with van der Waals surface area (Å²) in [6.07, 6.45) is 1.24. The highest BCUT2D eigenvalue weighted by Crippen LogP contribution is 2.17. The highest BCUT2D eigenvalue weighted by Gasteiger charge is 2.22. The molecule has 1 aliphatic rings. The molecule has 0 spiro atoms. The van der Waals surface area contributed by atoms with Gasteiger partial charge in [-0.1, -0.05) is 13.8 Å². The highest BCUT2D eigenvalue weighted by molar-refractivity contribution is 5.79. The van der Waals surface area contributed by atoms with Crippen molar-refractivity contribution in [3.05, 3.63) is 17.0 Å². The van der Waals surface area contributed by atoms with Crippen LogP contribution in [-0.4, -0.2) is 57.6 Å². The molecule has 0 saturated carbocycles. The van der Waals surface area contributed by atoms with Crippen LogP contribution in [0.5, 0.6) is 0 Å². The van der Waals surface area contributed by atoms with E-state index in [9.17, 15) is 9.59 Å². The zero-order valence-electron chi connectivity index (χ0n) is 15.6. The molecule has 0 radical (unpaired) electrons. The molecule has 6 nitrogen and oxygen atoms in total. The molecular weight excluding hydrogens is 304 g/mol. The van der Waals surface area contributed by atoms with Gasteiger partial charge in [0.2, 0.25) is 11.8 Å². The van der Waals surface area contributed by atoms with Crippen LogP contribution in [0.3, 0.4) is 0 Å². The number of amides is 2. The van der Waals surface area contributed by atoms with Gasteiger partial charge >= 0.3 is 0 Å². The molecule has 2 rings (SSSR count). The topological polar surface area (TPSA) is 58.4 Å². The van der Waals surface area contributed by atoms with Crippen LogP contribution in [0.4, 0.5) is 0 Å². The SMILES string of the molecule is CC(=O)N1CCCN(C(=O)Cc2c(C)nn(CC(C)C)c2C)CC1. The van der Waals surface area contributed by atoms with Gasteiger partial charge in [0.1, 0.15) is 0 Å². The highest BCUT2D eigenvalue weighted by atomic mass is 16.2. The minimum atomic E-state index is 0.0888. The van der Waals surface area contributed by atoms with Crippen molar-refractivity contribution in [3.8, 4) is 0 Å². The Balaban J connectivity index is 2.04. The number of carbonyl (C=O) groups is 2. The van der Waals surface area contributed by atoms with Gasteiger partial charge in [-0.2, -0.15) is 5.10 Å². The van der Waals surface area contributed by atoms with E-state index in [1.165, 1.54) is 0 Å². The molecule has 0 aliphatic carbocycles. The molecule has 0 unspecified atom stereocenters. The average molecular weight is 334 g/mol. The smallest absolute Gasteiger partial charge is 0.227 e. The fraction of sp³-hybridized carbons (Fsp3) is 0.722. The van der Waals surface area contributed by atoms with Gasteiger partial charge in [-0.25, -0.2) is 0 Å². The molecule has 0 atom stereocenters. The maximum Gasteiger partial charge on any atom is 0.227 e. The van der Waals surface area contributed by atoms with E-state index in [0.717, 1.165) is 43.0 Å². The number of aromatic nitrogens is 2. The zero-order valence-corrected chi connectivity index (χ0v) is 15.6. The van der Waals surface area contributed by atoms with Gasteiger partial charge in [-0.3, -0.25) is 14.3 Å². The summed E-state index contributed by atoms with van der Waals surface area (Å²) in [5.41, 5.74) is 3.09. The van der Waals surface area contributed by atoms with Crippen LogP contribution >= 0.6 is 0 Å². The van der Waals surface area contributed by atoms with Crippen molar-refractivity contribution >= 4 is 11.8 Å². The van der Waals surface area contributed by atoms with Gasteiger partial charge in [0.25, 0.3) is 0 Å². The van der Waals surface area contributed by atoms with Crippen molar-refractivity contribution in [1.82, 2.24) is 19.6 Å². The molecule has 1 saturated heterocycles. The summed E-state index contributed by atoms with van der Waals surface area (Å²) < 4.78 is 2.02. The van der Waals surface area contributed by atoms with Crippen molar-refractivity contribution in [2.75, 3.05) is 26.2 Å². The Morgan fingerprint density at radius 3 is 2.33 bits per heavy atom. The lowest BCUT2D eigenvalue weighted by Crippen LogP contribution is -2.37. The first-order valence-electron chi connectivity index (χ1n) is 8.85. The lowest BCUT2D eigenvalue weighted by Gasteiger charge is -2.21. The van der Waals surface area contributed by atoms with Crippen LogP contribution in [-0.2, 0) is 22.6 Å². The largest absolute Gasteiger partial charge is 0.341 e. The number of nitrogens with zero attached hydrogens (tertiary/aromatic N) is 4. The second-order valence-electron chi connectivity index (χ2n) is 7.14. The van der Waals surface area contributed by atoms with E-state index in [2.05, 4.69) is 18.9 Å². The number of aryl methyl sites for hydroxylation is 1. The molecule has 0 N–H and O–H groups in total. The molecule has 2 amide bonds. The first kappa shape index (κ1) is 18.5. The van der Waals surface area contributed by atoms with Crippen LogP contribution in [0.1, 0.15) is 44.1 Å². The maximum atomic E-state index is 12.7. The Labute approximate surface area is 144 Å². The van der Waals surface area contributed by atoms with E-state index in [4.69, 9.17) is 0 Å². The lowest BCUT2D eigenvalue weighted by molar-refractivity contribution is -0.132. The second-order valence-corrected chi connectivity index (χ2v) is 7.14. The Kier molecular flexibility index (Phi) is 6.02. The van der Waals surface area contributed by atoms with Crippen molar-refractivity contribution in [1.29, 1.82) is 0 Å². The van der Waals surface area contributed by atoms with Crippen molar-refractivity contribution in [2.24, 2.45) is 5.92 Å². The van der Waals surface area contributed by atoms with Crippen LogP contribution in [0.15, 0.2) is 0 Å². The lowest BCUT2D eigenvalue weighted by atomic mass is 10.1. The number of hydrogen-bond donors (Lipinski definition) is 0. The molecule has 6 heteroatoms. The number of carbonyl (C=O) groups excluding carboxylic acids is 2. The summed E-state index contributed by atoms with van der Waals surface area (Å²) >= 11 is 0. The van der Waals surface area contributed by atoms with Gasteiger partial charge in [0, 0.05) is 50.9 Å². The Morgan fingerprint density at radius 1 is 1.08 bits per heavy atom. The zero-order chi connectivity index (χ0) is 17.9. The van der Waals surface area contributed by atoms with Crippen LogP contribution < -0.4 is 0 Å². The third-order valence-electron chi connectivity index (χ3n) is 4.69. The molecule has 1 aromatic heterocycles. The molecule has 0 bridgehead atoms. The van der Waals surface area contributed by atoms with Crippen LogP contribution in [0.25, 0.3) is 0 Å². The molecule has 2 heterocycles. The predicted molar refractivity (Wildman–Crippen MR) is 93.7 cm³/mol. The van der Waals surface area contributed by atoms with Crippen molar-refractivity contribution < 1.29 is 9.59 Å². The minimum Gasteiger partial charge on any atom is -0.341 e. The molecule has 134 valence electrons. The van der Waals surface area contributed by atoms with E-state index in [0.29, 0.717) is 25.4 Å². The van der Waals surface area contributed by atoms with Crippen LogP contribution in [0, 0.1) is 19.8 Å². The summed E-state index contributed by atoms with van der Waals surface area (Å²) in [4.78, 5) is 27.9. The monoisotopic (exact) mass is 334 g/mol. The number of hydrogen-bond acceptors (Lipinski definition) is 3. The minimum absolute atomic E-state index is 0.0888.